The first-order chi connectivity index (χ1) is 13.3. The Hall–Kier alpha value is -1.22. The number of hydrogen-bond donors (Lipinski definition) is 0. The zero-order valence-corrected chi connectivity index (χ0v) is 25.6. The average Bonchev–Trinajstić information content (AvgIpc) is 3.42. The van der Waals surface area contributed by atoms with E-state index in [0.717, 1.165) is 0 Å². The van der Waals surface area contributed by atoms with Crippen LogP contribution >= 0.6 is 0 Å². The van der Waals surface area contributed by atoms with E-state index in [0.29, 0.717) is 0 Å². The first-order valence-corrected chi connectivity index (χ1v) is 17.1. The summed E-state index contributed by atoms with van der Waals surface area (Å²) in [5, 5.41) is 5.26. The Morgan fingerprint density at radius 3 is 1.64 bits per heavy atom. The van der Waals surface area contributed by atoms with Crippen molar-refractivity contribution in [3.05, 3.63) is 139 Å². The summed E-state index contributed by atoms with van der Waals surface area (Å²) < 4.78 is 0. The van der Waals surface area contributed by atoms with E-state index in [-0.39, 0.29) is 75.0 Å². The summed E-state index contributed by atoms with van der Waals surface area (Å²) in [6.45, 7) is 6.53. The summed E-state index contributed by atoms with van der Waals surface area (Å²) in [4.78, 5) is 0. The molecule has 0 aliphatic carbocycles. The molecule has 0 aromatic heterocycles. The van der Waals surface area contributed by atoms with E-state index in [2.05, 4.69) is 92.6 Å². The van der Waals surface area contributed by atoms with Crippen LogP contribution in [-0.2, 0) is 20.5 Å². The second-order valence-corrected chi connectivity index (χ2v) is 12.5. The number of benzene rings is 3. The monoisotopic (exact) mass is 582 g/mol. The van der Waals surface area contributed by atoms with Gasteiger partial charge in [0.05, 0.1) is 0 Å². The molecule has 0 bridgehead atoms. The van der Waals surface area contributed by atoms with Crippen LogP contribution < -0.4 is 24.8 Å². The van der Waals surface area contributed by atoms with Crippen LogP contribution in [0.4, 0.5) is 0 Å². The largest absolute Gasteiger partial charge is 0.214 e. The average molecular weight is 585 g/mol. The molecule has 0 aliphatic heterocycles. The Kier molecular flexibility index (Phi) is 25.2. The number of rotatable bonds is 1. The maximum atomic E-state index is 3.27. The minimum absolute atomic E-state index is 0. The third-order valence-electron chi connectivity index (χ3n) is 4.31. The summed E-state index contributed by atoms with van der Waals surface area (Å²) in [6.07, 6.45) is 0. The second-order valence-electron chi connectivity index (χ2n) is 5.95. The van der Waals surface area contributed by atoms with E-state index in [9.17, 15) is 0 Å². The van der Waals surface area contributed by atoms with Gasteiger partial charge in [-0.3, -0.25) is 0 Å². The minimum Gasteiger partial charge on any atom is -0.214 e. The molecule has 5 aromatic rings. The summed E-state index contributed by atoms with van der Waals surface area (Å²) in [5.41, 5.74) is 2.63. The van der Waals surface area contributed by atoms with Crippen molar-refractivity contribution in [3.8, 4) is 11.1 Å². The smallest absolute Gasteiger partial charge is 0.0114 e. The standard InChI is InChI=1S/C19H13.C5H5.4CH3.2ClH.2Si.Zr/c1-2-10-16-14(6-1)8-4-12-18(16)19-13-5-9-15-7-3-11-17(15)19;1-2-4-5-3-1;;;;;;;;;/h1-13H;1-5H;4*1H3;2*1H;;;/q6*-1;;;;;/p-2. The van der Waals surface area contributed by atoms with E-state index in [1.807, 2.05) is 30.3 Å². The van der Waals surface area contributed by atoms with Gasteiger partial charge < -0.3 is 54.5 Å². The normalized spacial score (nSPS) is 7.88. The Labute approximate surface area is 229 Å². The molecule has 4 radical (unpaired) electrons. The van der Waals surface area contributed by atoms with Gasteiger partial charge in [0.15, 0.2) is 0 Å². The van der Waals surface area contributed by atoms with Crippen LogP contribution in [0.1, 0.15) is 0 Å². The molecule has 0 amide bonds. The molecule has 0 heterocycles. The molecule has 33 heavy (non-hydrogen) atoms. The van der Waals surface area contributed by atoms with Crippen molar-refractivity contribution in [2.24, 2.45) is 0 Å². The van der Waals surface area contributed by atoms with Crippen molar-refractivity contribution in [2.75, 3.05) is 0 Å². The molecular formula is C28H30Cl2Si2Zr-8. The maximum absolute atomic E-state index is 3.27. The first kappa shape index (κ1) is 39.0. The number of hydrogen-bond acceptors (Lipinski definition) is 0. The van der Waals surface area contributed by atoms with Gasteiger partial charge in [-0.1, -0.05) is 54.1 Å². The van der Waals surface area contributed by atoms with Crippen LogP contribution in [0.15, 0.2) is 109 Å². The molecule has 5 heteroatoms. The van der Waals surface area contributed by atoms with Crippen molar-refractivity contribution in [3.63, 3.8) is 0 Å². The topological polar surface area (TPSA) is 0 Å². The van der Waals surface area contributed by atoms with Crippen LogP contribution in [0.5, 0.6) is 0 Å². The van der Waals surface area contributed by atoms with Gasteiger partial charge in [-0.25, -0.2) is 12.1 Å². The van der Waals surface area contributed by atoms with Crippen LogP contribution in [0, 0.1) is 29.7 Å². The SMILES string of the molecule is [CH3-].[CH3-].[CH3-].[CH3-].[Cl-].[Cl-].[Si]=[Zr]=[Si].c1cc[cH-]c1.c1ccc2c(-c3cccc4[cH-]ccc34)cccc2c1. The zero-order chi connectivity index (χ0) is 18.9. The number of halogens is 2. The Morgan fingerprint density at radius 1 is 0.545 bits per heavy atom. The van der Waals surface area contributed by atoms with Gasteiger partial charge in [-0.2, -0.15) is 30.3 Å². The van der Waals surface area contributed by atoms with Gasteiger partial charge in [0, 0.05) is 0 Å². The van der Waals surface area contributed by atoms with Crippen LogP contribution in [0.3, 0.4) is 0 Å². The fourth-order valence-corrected chi connectivity index (χ4v) is 3.18. The quantitative estimate of drug-likeness (QED) is 0.209. The van der Waals surface area contributed by atoms with E-state index in [1.54, 1.807) is 0 Å². The first-order valence-electron chi connectivity index (χ1n) is 8.73. The molecule has 5 rings (SSSR count). The van der Waals surface area contributed by atoms with Crippen LogP contribution in [0.2, 0.25) is 0 Å². The van der Waals surface area contributed by atoms with Crippen molar-refractivity contribution >= 4 is 35.3 Å². The molecule has 0 saturated heterocycles. The van der Waals surface area contributed by atoms with Crippen molar-refractivity contribution in [1.29, 1.82) is 0 Å². The zero-order valence-electron chi connectivity index (χ0n) is 19.6. The Balaban J connectivity index is -0.000000263. The molecule has 0 spiro atoms. The predicted octanol–water partition coefficient (Wildman–Crippen LogP) is 1.83. The molecule has 0 fully saturated rings. The molecule has 0 aliphatic rings. The van der Waals surface area contributed by atoms with Crippen molar-refractivity contribution < 1.29 is 45.3 Å². The molecular weight excluding hydrogens is 555 g/mol. The fourth-order valence-electron chi connectivity index (χ4n) is 3.18. The Bertz CT molecular complexity index is 1140. The van der Waals surface area contributed by atoms with E-state index < -0.39 is 0 Å². The van der Waals surface area contributed by atoms with Gasteiger partial charge in [-0.15, -0.1) is 29.0 Å². The van der Waals surface area contributed by atoms with Crippen molar-refractivity contribution in [1.82, 2.24) is 0 Å². The molecule has 176 valence electrons. The van der Waals surface area contributed by atoms with Gasteiger partial charge in [0.1, 0.15) is 0 Å². The molecule has 5 aromatic carbocycles. The van der Waals surface area contributed by atoms with E-state index in [1.165, 1.54) is 32.7 Å². The molecule has 0 unspecified atom stereocenters. The third-order valence-corrected chi connectivity index (χ3v) is 4.31. The third kappa shape index (κ3) is 10.7. The second kappa shape index (κ2) is 21.3. The van der Waals surface area contributed by atoms with E-state index in [4.69, 9.17) is 0 Å². The predicted molar refractivity (Wildman–Crippen MR) is 142 cm³/mol. The van der Waals surface area contributed by atoms with Gasteiger partial charge in [0.25, 0.3) is 0 Å². The van der Waals surface area contributed by atoms with Crippen LogP contribution in [-0.4, -0.2) is 13.8 Å². The molecule has 0 N–H and O–H groups in total. The summed E-state index contributed by atoms with van der Waals surface area (Å²) >= 11 is -0.159. The van der Waals surface area contributed by atoms with E-state index >= 15 is 0 Å². The van der Waals surface area contributed by atoms with Crippen molar-refractivity contribution in [2.45, 2.75) is 0 Å². The maximum Gasteiger partial charge on any atom is -0.0114 e. The van der Waals surface area contributed by atoms with Gasteiger partial charge in [-0.05, 0) is 16.3 Å². The summed E-state index contributed by atoms with van der Waals surface area (Å²) in [5.74, 6) is 0. The fraction of sp³-hybridized carbons (Fsp3) is 0. The van der Waals surface area contributed by atoms with Gasteiger partial charge in [0.2, 0.25) is 0 Å². The molecule has 0 atom stereocenters. The van der Waals surface area contributed by atoms with Crippen LogP contribution in [0.25, 0.3) is 32.7 Å². The number of fused-ring (bicyclic) bond motifs is 2. The summed E-state index contributed by atoms with van der Waals surface area (Å²) in [6, 6.07) is 38.1. The summed E-state index contributed by atoms with van der Waals surface area (Å²) in [7, 11) is 0. The molecule has 0 nitrogen and oxygen atoms in total. The molecule has 0 saturated carbocycles. The Morgan fingerprint density at radius 2 is 1.06 bits per heavy atom. The van der Waals surface area contributed by atoms with Gasteiger partial charge >= 0.3 is 34.2 Å². The minimum atomic E-state index is -0.159.